The number of hydrogen-bond donors (Lipinski definition) is 1. The molecule has 25 heavy (non-hydrogen) atoms. The number of morpholine rings is 1. The molecule has 6 heteroatoms. The predicted molar refractivity (Wildman–Crippen MR) is 96.5 cm³/mol. The first kappa shape index (κ1) is 17.9. The highest BCUT2D eigenvalue weighted by molar-refractivity contribution is 6.00. The van der Waals surface area contributed by atoms with E-state index >= 15 is 0 Å². The Morgan fingerprint density at radius 1 is 1.24 bits per heavy atom. The lowest BCUT2D eigenvalue weighted by Gasteiger charge is -2.26. The van der Waals surface area contributed by atoms with E-state index < -0.39 is 0 Å². The fourth-order valence-electron chi connectivity index (χ4n) is 3.34. The van der Waals surface area contributed by atoms with Crippen molar-refractivity contribution in [3.8, 4) is 0 Å². The molecule has 6 nitrogen and oxygen atoms in total. The molecule has 2 heterocycles. The van der Waals surface area contributed by atoms with E-state index in [1.807, 2.05) is 31.2 Å². The van der Waals surface area contributed by atoms with Crippen LogP contribution in [0.15, 0.2) is 24.3 Å². The summed E-state index contributed by atoms with van der Waals surface area (Å²) in [5, 5.41) is 2.99. The number of carbonyl (C=O) groups excluding carboxylic acids is 2. The second kappa shape index (κ2) is 8.45. The van der Waals surface area contributed by atoms with Gasteiger partial charge in [-0.25, -0.2) is 0 Å². The normalized spacial score (nSPS) is 21.6. The van der Waals surface area contributed by atoms with Crippen LogP contribution >= 0.6 is 0 Å². The Kier molecular flexibility index (Phi) is 6.04. The largest absolute Gasteiger partial charge is 0.379 e. The predicted octanol–water partition coefficient (Wildman–Crippen LogP) is 1.19. The van der Waals surface area contributed by atoms with Gasteiger partial charge in [-0.2, -0.15) is 0 Å². The van der Waals surface area contributed by atoms with Crippen molar-refractivity contribution < 1.29 is 14.3 Å². The molecule has 0 aromatic heterocycles. The van der Waals surface area contributed by atoms with E-state index in [2.05, 4.69) is 10.2 Å². The smallest absolute Gasteiger partial charge is 0.227 e. The van der Waals surface area contributed by atoms with Gasteiger partial charge in [-0.3, -0.25) is 14.5 Å². The number of nitrogens with zero attached hydrogens (tertiary/aromatic N) is 2. The number of aryl methyl sites for hydroxylation is 1. The van der Waals surface area contributed by atoms with Gasteiger partial charge >= 0.3 is 0 Å². The summed E-state index contributed by atoms with van der Waals surface area (Å²) in [6.07, 6.45) is 1.22. The van der Waals surface area contributed by atoms with Crippen LogP contribution in [-0.4, -0.2) is 62.7 Å². The Morgan fingerprint density at radius 3 is 2.68 bits per heavy atom. The zero-order valence-corrected chi connectivity index (χ0v) is 14.9. The molecule has 0 radical (unpaired) electrons. The van der Waals surface area contributed by atoms with Gasteiger partial charge in [0.2, 0.25) is 11.8 Å². The van der Waals surface area contributed by atoms with Crippen LogP contribution < -0.4 is 10.2 Å². The second-order valence-electron chi connectivity index (χ2n) is 6.84. The van der Waals surface area contributed by atoms with Crippen LogP contribution in [0, 0.1) is 12.8 Å². The third-order valence-electron chi connectivity index (χ3n) is 4.90. The lowest BCUT2D eigenvalue weighted by Crippen LogP contribution is -2.39. The van der Waals surface area contributed by atoms with Crippen molar-refractivity contribution in [1.29, 1.82) is 0 Å². The van der Waals surface area contributed by atoms with Gasteiger partial charge in [0.1, 0.15) is 0 Å². The summed E-state index contributed by atoms with van der Waals surface area (Å²) in [5.41, 5.74) is 2.03. The number of anilines is 1. The maximum atomic E-state index is 12.3. The van der Waals surface area contributed by atoms with E-state index in [0.29, 0.717) is 19.5 Å². The van der Waals surface area contributed by atoms with E-state index in [1.54, 1.807) is 4.90 Å². The van der Waals surface area contributed by atoms with E-state index in [1.165, 1.54) is 0 Å². The second-order valence-corrected chi connectivity index (χ2v) is 6.84. The fourth-order valence-corrected chi connectivity index (χ4v) is 3.34. The van der Waals surface area contributed by atoms with Crippen LogP contribution in [0.3, 0.4) is 0 Å². The van der Waals surface area contributed by atoms with E-state index in [9.17, 15) is 9.59 Å². The Hall–Kier alpha value is -1.92. The highest BCUT2D eigenvalue weighted by Crippen LogP contribution is 2.25. The summed E-state index contributed by atoms with van der Waals surface area (Å²) in [6.45, 7) is 7.65. The van der Waals surface area contributed by atoms with Crippen molar-refractivity contribution in [3.63, 3.8) is 0 Å². The molecule has 0 saturated carbocycles. The van der Waals surface area contributed by atoms with Gasteiger partial charge in [0.15, 0.2) is 0 Å². The van der Waals surface area contributed by atoms with Crippen LogP contribution in [0.2, 0.25) is 0 Å². The maximum absolute atomic E-state index is 12.3. The summed E-state index contributed by atoms with van der Waals surface area (Å²) in [6, 6.07) is 7.86. The van der Waals surface area contributed by atoms with Gasteiger partial charge in [-0.15, -0.1) is 0 Å². The van der Waals surface area contributed by atoms with Gasteiger partial charge in [-0.1, -0.05) is 17.7 Å². The topological polar surface area (TPSA) is 61.9 Å². The molecule has 2 aliphatic rings. The summed E-state index contributed by atoms with van der Waals surface area (Å²) in [5.74, 6) is -0.237. The Bertz CT molecular complexity index is 596. The van der Waals surface area contributed by atoms with Gasteiger partial charge in [0.05, 0.1) is 19.1 Å². The summed E-state index contributed by atoms with van der Waals surface area (Å²) < 4.78 is 5.33. The molecular weight excluding hydrogens is 318 g/mol. The Labute approximate surface area is 149 Å². The number of rotatable bonds is 6. The number of carbonyl (C=O) groups is 2. The van der Waals surface area contributed by atoms with Gasteiger partial charge in [-0.05, 0) is 32.0 Å². The number of benzene rings is 1. The van der Waals surface area contributed by atoms with E-state index in [4.69, 9.17) is 4.74 Å². The van der Waals surface area contributed by atoms with E-state index in [-0.39, 0.29) is 17.7 Å². The van der Waals surface area contributed by atoms with Crippen molar-refractivity contribution >= 4 is 17.5 Å². The lowest BCUT2D eigenvalue weighted by molar-refractivity contribution is -0.126. The van der Waals surface area contributed by atoms with Gasteiger partial charge in [0, 0.05) is 38.3 Å². The summed E-state index contributed by atoms with van der Waals surface area (Å²) in [7, 11) is 0. The molecule has 0 aliphatic carbocycles. The van der Waals surface area contributed by atoms with Crippen LogP contribution in [0.5, 0.6) is 0 Å². The van der Waals surface area contributed by atoms with Crippen molar-refractivity contribution in [2.24, 2.45) is 5.92 Å². The third kappa shape index (κ3) is 4.80. The molecular formula is C19H27N3O3. The van der Waals surface area contributed by atoms with Gasteiger partial charge < -0.3 is 15.0 Å². The monoisotopic (exact) mass is 345 g/mol. The van der Waals surface area contributed by atoms with Crippen molar-refractivity contribution in [2.45, 2.75) is 19.8 Å². The number of ether oxygens (including phenoxy) is 1. The number of hydrogen-bond acceptors (Lipinski definition) is 4. The van der Waals surface area contributed by atoms with Crippen molar-refractivity contribution in [1.82, 2.24) is 10.2 Å². The van der Waals surface area contributed by atoms with E-state index in [0.717, 1.165) is 50.5 Å². The highest BCUT2D eigenvalue weighted by Gasteiger charge is 2.34. The Balaban J connectivity index is 1.42. The minimum atomic E-state index is -0.253. The van der Waals surface area contributed by atoms with Crippen LogP contribution in [0.25, 0.3) is 0 Å². The molecule has 1 atom stereocenters. The molecule has 2 aliphatic heterocycles. The first-order chi connectivity index (χ1) is 12.1. The standard InChI is InChI=1S/C19H27N3O3/c1-15-3-5-17(6-4-15)22-14-16(13-18(22)23)19(24)20-7-2-8-21-9-11-25-12-10-21/h3-6,16H,2,7-14H2,1H3,(H,20,24)/t16-/m1/s1. The molecule has 2 amide bonds. The first-order valence-corrected chi connectivity index (χ1v) is 9.08. The SMILES string of the molecule is Cc1ccc(N2C[C@H](C(=O)NCCCN3CCOCC3)CC2=O)cc1. The van der Waals surface area contributed by atoms with Crippen molar-refractivity contribution in [3.05, 3.63) is 29.8 Å². The first-order valence-electron chi connectivity index (χ1n) is 9.08. The maximum Gasteiger partial charge on any atom is 0.227 e. The fraction of sp³-hybridized carbons (Fsp3) is 0.579. The number of amides is 2. The Morgan fingerprint density at radius 2 is 1.96 bits per heavy atom. The molecule has 3 rings (SSSR count). The minimum absolute atomic E-state index is 0.00932. The van der Waals surface area contributed by atoms with Gasteiger partial charge in [0.25, 0.3) is 0 Å². The van der Waals surface area contributed by atoms with Crippen LogP contribution in [0.4, 0.5) is 5.69 Å². The van der Waals surface area contributed by atoms with Crippen molar-refractivity contribution in [2.75, 3.05) is 50.8 Å². The average molecular weight is 345 g/mol. The molecule has 2 fully saturated rings. The molecule has 0 spiro atoms. The summed E-state index contributed by atoms with van der Waals surface area (Å²) >= 11 is 0. The molecule has 0 unspecified atom stereocenters. The molecule has 1 aromatic carbocycles. The molecule has 136 valence electrons. The van der Waals surface area contributed by atoms with Crippen LogP contribution in [-0.2, 0) is 14.3 Å². The number of nitrogens with one attached hydrogen (secondary N) is 1. The zero-order valence-electron chi connectivity index (χ0n) is 14.9. The summed E-state index contributed by atoms with van der Waals surface area (Å²) in [4.78, 5) is 28.7. The average Bonchev–Trinajstić information content (AvgIpc) is 3.02. The minimum Gasteiger partial charge on any atom is -0.379 e. The molecule has 1 aromatic rings. The quantitative estimate of drug-likeness (QED) is 0.787. The third-order valence-corrected chi connectivity index (χ3v) is 4.90. The zero-order chi connectivity index (χ0) is 17.6. The highest BCUT2D eigenvalue weighted by atomic mass is 16.5. The molecule has 0 bridgehead atoms. The van der Waals surface area contributed by atoms with Crippen LogP contribution in [0.1, 0.15) is 18.4 Å². The molecule has 2 saturated heterocycles. The molecule has 1 N–H and O–H groups in total. The lowest BCUT2D eigenvalue weighted by atomic mass is 10.1.